The smallest absolute Gasteiger partial charge is 0.319 e. The van der Waals surface area contributed by atoms with Gasteiger partial charge in [-0.15, -0.1) is 0 Å². The number of aliphatic hydroxyl groups is 1. The lowest BCUT2D eigenvalue weighted by Crippen LogP contribution is -2.33. The van der Waals surface area contributed by atoms with Gasteiger partial charge in [-0.2, -0.15) is 0 Å². The fraction of sp³-hybridized carbons (Fsp3) is 0.429. The first-order valence-electron chi connectivity index (χ1n) is 6.62. The third-order valence-corrected chi connectivity index (χ3v) is 2.64. The Balaban J connectivity index is 2.39. The zero-order valence-corrected chi connectivity index (χ0v) is 11.8. The van der Waals surface area contributed by atoms with Crippen LogP contribution in [-0.4, -0.2) is 30.1 Å². The standard InChI is InChI=1S/C14H21N3O3/c1-3-15-13(19)7-8-16-14(20)17-12-6-4-5-11(9-12)10(2)18/h4-6,9-10,18H,3,7-8H2,1-2H3,(H,15,19)(H2,16,17,20). The van der Waals surface area contributed by atoms with Crippen LogP contribution in [0.5, 0.6) is 0 Å². The predicted molar refractivity (Wildman–Crippen MR) is 77.4 cm³/mol. The maximum absolute atomic E-state index is 11.6. The average Bonchev–Trinajstić information content (AvgIpc) is 2.39. The molecule has 0 spiro atoms. The van der Waals surface area contributed by atoms with Gasteiger partial charge in [-0.05, 0) is 31.5 Å². The quantitative estimate of drug-likeness (QED) is 0.634. The molecule has 0 aromatic heterocycles. The number of hydrogen-bond donors (Lipinski definition) is 4. The van der Waals surface area contributed by atoms with Crippen LogP contribution in [0.3, 0.4) is 0 Å². The number of benzene rings is 1. The van der Waals surface area contributed by atoms with Gasteiger partial charge in [-0.25, -0.2) is 4.79 Å². The minimum absolute atomic E-state index is 0.0936. The Kier molecular flexibility index (Phi) is 6.52. The lowest BCUT2D eigenvalue weighted by atomic mass is 10.1. The molecule has 0 aliphatic rings. The number of carbonyl (C=O) groups excluding carboxylic acids is 2. The van der Waals surface area contributed by atoms with E-state index in [1.54, 1.807) is 31.2 Å². The summed E-state index contributed by atoms with van der Waals surface area (Å²) in [5, 5.41) is 17.4. The summed E-state index contributed by atoms with van der Waals surface area (Å²) in [7, 11) is 0. The summed E-state index contributed by atoms with van der Waals surface area (Å²) < 4.78 is 0. The molecule has 0 bridgehead atoms. The van der Waals surface area contributed by atoms with Crippen LogP contribution in [0.1, 0.15) is 31.9 Å². The molecular weight excluding hydrogens is 258 g/mol. The van der Waals surface area contributed by atoms with Crippen LogP contribution in [0.2, 0.25) is 0 Å². The number of hydrogen-bond acceptors (Lipinski definition) is 3. The molecule has 1 aromatic carbocycles. The zero-order chi connectivity index (χ0) is 15.0. The van der Waals surface area contributed by atoms with E-state index in [2.05, 4.69) is 16.0 Å². The van der Waals surface area contributed by atoms with Crippen LogP contribution in [0.15, 0.2) is 24.3 Å². The third-order valence-electron chi connectivity index (χ3n) is 2.64. The minimum atomic E-state index is -0.586. The molecule has 1 rings (SSSR count). The number of urea groups is 1. The topological polar surface area (TPSA) is 90.5 Å². The monoisotopic (exact) mass is 279 g/mol. The van der Waals surface area contributed by atoms with E-state index < -0.39 is 6.10 Å². The molecule has 20 heavy (non-hydrogen) atoms. The summed E-state index contributed by atoms with van der Waals surface area (Å²) >= 11 is 0. The van der Waals surface area contributed by atoms with E-state index in [0.717, 1.165) is 5.56 Å². The van der Waals surface area contributed by atoms with Crippen LogP contribution < -0.4 is 16.0 Å². The molecule has 0 saturated carbocycles. The highest BCUT2D eigenvalue weighted by atomic mass is 16.3. The molecule has 4 N–H and O–H groups in total. The summed E-state index contributed by atoms with van der Waals surface area (Å²) in [4.78, 5) is 22.8. The maximum atomic E-state index is 11.6. The van der Waals surface area contributed by atoms with Gasteiger partial charge in [-0.1, -0.05) is 12.1 Å². The second-order valence-electron chi connectivity index (χ2n) is 4.39. The maximum Gasteiger partial charge on any atom is 0.319 e. The molecule has 0 fully saturated rings. The Hall–Kier alpha value is -2.08. The summed E-state index contributed by atoms with van der Waals surface area (Å²) in [6, 6.07) is 6.59. The van der Waals surface area contributed by atoms with Gasteiger partial charge >= 0.3 is 6.03 Å². The first-order valence-corrected chi connectivity index (χ1v) is 6.62. The summed E-state index contributed by atoms with van der Waals surface area (Å²) in [5.74, 6) is -0.0936. The lowest BCUT2D eigenvalue weighted by Gasteiger charge is -2.10. The van der Waals surface area contributed by atoms with Gasteiger partial charge in [0.15, 0.2) is 0 Å². The number of rotatable bonds is 6. The Morgan fingerprint density at radius 1 is 1.30 bits per heavy atom. The van der Waals surface area contributed by atoms with E-state index in [0.29, 0.717) is 12.2 Å². The van der Waals surface area contributed by atoms with E-state index >= 15 is 0 Å². The van der Waals surface area contributed by atoms with E-state index in [4.69, 9.17) is 0 Å². The summed E-state index contributed by atoms with van der Waals surface area (Å²) in [5.41, 5.74) is 1.32. The summed E-state index contributed by atoms with van der Waals surface area (Å²) in [6.45, 7) is 4.35. The molecule has 0 heterocycles. The van der Waals surface area contributed by atoms with Gasteiger partial charge in [0.25, 0.3) is 0 Å². The molecule has 0 radical (unpaired) electrons. The first kappa shape index (κ1) is 16.0. The van der Waals surface area contributed by atoms with Gasteiger partial charge in [0, 0.05) is 25.2 Å². The molecule has 6 heteroatoms. The molecule has 1 aromatic rings. The number of aliphatic hydroxyl groups excluding tert-OH is 1. The molecule has 1 unspecified atom stereocenters. The van der Waals surface area contributed by atoms with Crippen molar-refractivity contribution in [2.45, 2.75) is 26.4 Å². The number of amides is 3. The fourth-order valence-electron chi connectivity index (χ4n) is 1.63. The van der Waals surface area contributed by atoms with Crippen molar-refractivity contribution >= 4 is 17.6 Å². The Morgan fingerprint density at radius 3 is 2.70 bits per heavy atom. The lowest BCUT2D eigenvalue weighted by molar-refractivity contribution is -0.120. The molecule has 6 nitrogen and oxygen atoms in total. The van der Waals surface area contributed by atoms with Crippen LogP contribution in [0.25, 0.3) is 0 Å². The van der Waals surface area contributed by atoms with Crippen molar-refractivity contribution in [3.63, 3.8) is 0 Å². The highest BCUT2D eigenvalue weighted by Crippen LogP contribution is 2.16. The number of anilines is 1. The zero-order valence-electron chi connectivity index (χ0n) is 11.8. The van der Waals surface area contributed by atoms with Crippen molar-refractivity contribution in [3.05, 3.63) is 29.8 Å². The molecular formula is C14H21N3O3. The molecule has 0 saturated heterocycles. The van der Waals surface area contributed by atoms with Crippen molar-refractivity contribution in [3.8, 4) is 0 Å². The average molecular weight is 279 g/mol. The molecule has 1 atom stereocenters. The highest BCUT2D eigenvalue weighted by molar-refractivity contribution is 5.89. The van der Waals surface area contributed by atoms with Crippen molar-refractivity contribution in [2.24, 2.45) is 0 Å². The molecule has 0 aliphatic heterocycles. The number of carbonyl (C=O) groups is 2. The van der Waals surface area contributed by atoms with Gasteiger partial charge in [0.05, 0.1) is 6.10 Å². The van der Waals surface area contributed by atoms with E-state index in [1.807, 2.05) is 6.92 Å². The third kappa shape index (κ3) is 5.71. The Labute approximate surface area is 118 Å². The van der Waals surface area contributed by atoms with Crippen molar-refractivity contribution in [2.75, 3.05) is 18.4 Å². The number of nitrogens with one attached hydrogen (secondary N) is 3. The molecule has 3 amide bonds. The van der Waals surface area contributed by atoms with Crippen LogP contribution in [-0.2, 0) is 4.79 Å². The predicted octanol–water partition coefficient (Wildman–Crippen LogP) is 1.39. The first-order chi connectivity index (χ1) is 9.52. The van der Waals surface area contributed by atoms with Gasteiger partial charge < -0.3 is 21.1 Å². The van der Waals surface area contributed by atoms with Crippen molar-refractivity contribution in [1.82, 2.24) is 10.6 Å². The largest absolute Gasteiger partial charge is 0.389 e. The Morgan fingerprint density at radius 2 is 2.05 bits per heavy atom. The van der Waals surface area contributed by atoms with Crippen molar-refractivity contribution in [1.29, 1.82) is 0 Å². The van der Waals surface area contributed by atoms with Crippen LogP contribution in [0.4, 0.5) is 10.5 Å². The minimum Gasteiger partial charge on any atom is -0.389 e. The molecule has 0 aliphatic carbocycles. The van der Waals surface area contributed by atoms with Gasteiger partial charge in [0.1, 0.15) is 0 Å². The van der Waals surface area contributed by atoms with Gasteiger partial charge in [0.2, 0.25) is 5.91 Å². The van der Waals surface area contributed by atoms with Gasteiger partial charge in [-0.3, -0.25) is 4.79 Å². The summed E-state index contributed by atoms with van der Waals surface area (Å²) in [6.07, 6.45) is -0.341. The second-order valence-corrected chi connectivity index (χ2v) is 4.39. The highest BCUT2D eigenvalue weighted by Gasteiger charge is 2.05. The fourth-order valence-corrected chi connectivity index (χ4v) is 1.63. The van der Waals surface area contributed by atoms with Crippen LogP contribution in [0, 0.1) is 0 Å². The second kappa shape index (κ2) is 8.16. The molecule has 110 valence electrons. The Bertz CT molecular complexity index is 461. The SMILES string of the molecule is CCNC(=O)CCNC(=O)Nc1cccc(C(C)O)c1. The normalized spacial score (nSPS) is 11.6. The van der Waals surface area contributed by atoms with E-state index in [1.165, 1.54) is 0 Å². The van der Waals surface area contributed by atoms with Crippen LogP contribution >= 0.6 is 0 Å². The van der Waals surface area contributed by atoms with Crippen molar-refractivity contribution < 1.29 is 14.7 Å². The van der Waals surface area contributed by atoms with E-state index in [-0.39, 0.29) is 24.9 Å². The van der Waals surface area contributed by atoms with E-state index in [9.17, 15) is 14.7 Å².